The van der Waals surface area contributed by atoms with Gasteiger partial charge in [-0.05, 0) is 63.8 Å². The smallest absolute Gasteiger partial charge is 0.00998 e. The molecular formula is C21H20. The molecule has 3 aromatic carbocycles. The molecule has 0 aliphatic heterocycles. The topological polar surface area (TPSA) is 0 Å². The van der Waals surface area contributed by atoms with E-state index in [0.29, 0.717) is 0 Å². The van der Waals surface area contributed by atoms with Crippen LogP contribution in [0.3, 0.4) is 0 Å². The lowest BCUT2D eigenvalue weighted by atomic mass is 9.67. The second kappa shape index (κ2) is 4.34. The van der Waals surface area contributed by atoms with E-state index in [4.69, 9.17) is 0 Å². The molecule has 2 atom stereocenters. The highest BCUT2D eigenvalue weighted by molar-refractivity contribution is 6.10. The quantitative estimate of drug-likeness (QED) is 0.452. The van der Waals surface area contributed by atoms with E-state index in [1.807, 2.05) is 0 Å². The molecular weight excluding hydrogens is 252 g/mol. The Labute approximate surface area is 125 Å². The Morgan fingerprint density at radius 2 is 1.67 bits per heavy atom. The summed E-state index contributed by atoms with van der Waals surface area (Å²) in [6.07, 6.45) is 6.97. The Hall–Kier alpha value is -1.82. The SMILES string of the molecule is c1ccc2c(c1)cc1c3c(cccc32)C2CCCCC2C1. The van der Waals surface area contributed by atoms with Crippen LogP contribution in [-0.4, -0.2) is 0 Å². The van der Waals surface area contributed by atoms with Crippen LogP contribution >= 0.6 is 0 Å². The molecule has 1 fully saturated rings. The van der Waals surface area contributed by atoms with Crippen LogP contribution in [-0.2, 0) is 6.42 Å². The average molecular weight is 272 g/mol. The van der Waals surface area contributed by atoms with Gasteiger partial charge in [0.25, 0.3) is 0 Å². The molecule has 0 N–H and O–H groups in total. The highest BCUT2D eigenvalue weighted by atomic mass is 14.4. The summed E-state index contributed by atoms with van der Waals surface area (Å²) < 4.78 is 0. The summed E-state index contributed by atoms with van der Waals surface area (Å²) in [7, 11) is 0. The van der Waals surface area contributed by atoms with Crippen LogP contribution in [0.4, 0.5) is 0 Å². The van der Waals surface area contributed by atoms with Crippen molar-refractivity contribution < 1.29 is 0 Å². The Bertz CT molecular complexity index is 843. The molecule has 1 saturated carbocycles. The minimum Gasteiger partial charge on any atom is -0.0616 e. The van der Waals surface area contributed by atoms with Crippen LogP contribution in [0, 0.1) is 5.92 Å². The van der Waals surface area contributed by atoms with Gasteiger partial charge in [0.1, 0.15) is 0 Å². The van der Waals surface area contributed by atoms with E-state index in [1.165, 1.54) is 48.3 Å². The molecule has 0 radical (unpaired) electrons. The van der Waals surface area contributed by atoms with Gasteiger partial charge in [0.2, 0.25) is 0 Å². The van der Waals surface area contributed by atoms with Gasteiger partial charge < -0.3 is 0 Å². The molecule has 2 aliphatic carbocycles. The Kier molecular flexibility index (Phi) is 2.44. The molecule has 5 rings (SSSR count). The first-order chi connectivity index (χ1) is 10.4. The van der Waals surface area contributed by atoms with Crippen LogP contribution in [0.15, 0.2) is 48.5 Å². The van der Waals surface area contributed by atoms with Crippen molar-refractivity contribution in [2.24, 2.45) is 5.92 Å². The molecule has 2 aliphatic rings. The van der Waals surface area contributed by atoms with E-state index < -0.39 is 0 Å². The first-order valence-corrected chi connectivity index (χ1v) is 8.35. The Morgan fingerprint density at radius 3 is 2.67 bits per heavy atom. The Balaban J connectivity index is 1.90. The van der Waals surface area contributed by atoms with Gasteiger partial charge in [-0.3, -0.25) is 0 Å². The molecule has 0 amide bonds. The maximum atomic E-state index is 2.46. The monoisotopic (exact) mass is 272 g/mol. The summed E-state index contributed by atoms with van der Waals surface area (Å²) in [4.78, 5) is 0. The van der Waals surface area contributed by atoms with E-state index >= 15 is 0 Å². The van der Waals surface area contributed by atoms with Crippen molar-refractivity contribution in [2.45, 2.75) is 38.0 Å². The molecule has 0 spiro atoms. The number of hydrogen-bond donors (Lipinski definition) is 0. The van der Waals surface area contributed by atoms with Gasteiger partial charge in [0, 0.05) is 0 Å². The average Bonchev–Trinajstić information content (AvgIpc) is 2.55. The van der Waals surface area contributed by atoms with Gasteiger partial charge in [-0.15, -0.1) is 0 Å². The van der Waals surface area contributed by atoms with Crippen molar-refractivity contribution in [3.05, 3.63) is 59.7 Å². The molecule has 0 heterocycles. The number of hydrogen-bond acceptors (Lipinski definition) is 0. The fraction of sp³-hybridized carbons (Fsp3) is 0.333. The molecule has 2 unspecified atom stereocenters. The van der Waals surface area contributed by atoms with E-state index in [-0.39, 0.29) is 0 Å². The van der Waals surface area contributed by atoms with Crippen LogP contribution in [0.5, 0.6) is 0 Å². The van der Waals surface area contributed by atoms with E-state index in [0.717, 1.165) is 11.8 Å². The zero-order chi connectivity index (χ0) is 13.8. The predicted octanol–water partition coefficient (Wildman–Crippen LogP) is 5.82. The summed E-state index contributed by atoms with van der Waals surface area (Å²) >= 11 is 0. The van der Waals surface area contributed by atoms with Crippen molar-refractivity contribution in [3.8, 4) is 0 Å². The normalized spacial score (nSPS) is 24.2. The molecule has 21 heavy (non-hydrogen) atoms. The van der Waals surface area contributed by atoms with Gasteiger partial charge in [-0.25, -0.2) is 0 Å². The summed E-state index contributed by atoms with van der Waals surface area (Å²) in [5.74, 6) is 1.70. The van der Waals surface area contributed by atoms with Crippen molar-refractivity contribution in [1.29, 1.82) is 0 Å². The van der Waals surface area contributed by atoms with Crippen LogP contribution in [0.1, 0.15) is 42.7 Å². The molecule has 0 nitrogen and oxygen atoms in total. The van der Waals surface area contributed by atoms with Crippen molar-refractivity contribution >= 4 is 21.5 Å². The van der Waals surface area contributed by atoms with Crippen LogP contribution < -0.4 is 0 Å². The van der Waals surface area contributed by atoms with Crippen LogP contribution in [0.25, 0.3) is 21.5 Å². The third-order valence-corrected chi connectivity index (χ3v) is 5.79. The second-order valence-corrected chi connectivity index (χ2v) is 6.88. The number of rotatable bonds is 0. The number of fused-ring (bicyclic) bond motifs is 4. The maximum absolute atomic E-state index is 2.46. The van der Waals surface area contributed by atoms with E-state index in [9.17, 15) is 0 Å². The lowest BCUT2D eigenvalue weighted by Crippen LogP contribution is -2.24. The third-order valence-electron chi connectivity index (χ3n) is 5.79. The first-order valence-electron chi connectivity index (χ1n) is 8.35. The zero-order valence-corrected chi connectivity index (χ0v) is 12.3. The van der Waals surface area contributed by atoms with Gasteiger partial charge in [0.05, 0.1) is 0 Å². The molecule has 3 aromatic rings. The maximum Gasteiger partial charge on any atom is -0.00998 e. The summed E-state index contributed by atoms with van der Waals surface area (Å²) in [5, 5.41) is 5.89. The molecule has 104 valence electrons. The van der Waals surface area contributed by atoms with E-state index in [2.05, 4.69) is 48.5 Å². The third kappa shape index (κ3) is 1.62. The van der Waals surface area contributed by atoms with Gasteiger partial charge in [-0.2, -0.15) is 0 Å². The summed E-state index contributed by atoms with van der Waals surface area (Å²) in [6.45, 7) is 0. The van der Waals surface area contributed by atoms with Crippen molar-refractivity contribution in [1.82, 2.24) is 0 Å². The summed E-state index contributed by atoms with van der Waals surface area (Å²) in [6, 6.07) is 18.4. The fourth-order valence-corrected chi connectivity index (χ4v) is 4.89. The summed E-state index contributed by atoms with van der Waals surface area (Å²) in [5.41, 5.74) is 3.24. The second-order valence-electron chi connectivity index (χ2n) is 6.88. The molecule has 0 aromatic heterocycles. The van der Waals surface area contributed by atoms with Gasteiger partial charge >= 0.3 is 0 Å². The molecule has 0 heteroatoms. The van der Waals surface area contributed by atoms with Crippen LogP contribution in [0.2, 0.25) is 0 Å². The highest BCUT2D eigenvalue weighted by Crippen LogP contribution is 2.48. The fourth-order valence-electron chi connectivity index (χ4n) is 4.89. The molecule has 0 saturated heterocycles. The van der Waals surface area contributed by atoms with Crippen molar-refractivity contribution in [3.63, 3.8) is 0 Å². The Morgan fingerprint density at radius 1 is 0.810 bits per heavy atom. The minimum absolute atomic E-state index is 0.816. The predicted molar refractivity (Wildman–Crippen MR) is 89.9 cm³/mol. The first kappa shape index (κ1) is 11.8. The van der Waals surface area contributed by atoms with Crippen molar-refractivity contribution in [2.75, 3.05) is 0 Å². The largest absolute Gasteiger partial charge is 0.0616 e. The lowest BCUT2D eigenvalue weighted by Gasteiger charge is -2.37. The van der Waals surface area contributed by atoms with Gasteiger partial charge in [0.15, 0.2) is 0 Å². The zero-order valence-electron chi connectivity index (χ0n) is 12.3. The minimum atomic E-state index is 0.816. The standard InChI is InChI=1S/C21H20/c1-3-8-17-14(6-1)12-16-13-15-7-2-4-9-18(15)20-11-5-10-19(17)21(16)20/h1,3,5-6,8,10-12,15,18H,2,4,7,9,13H2. The van der Waals surface area contributed by atoms with Gasteiger partial charge in [-0.1, -0.05) is 61.4 Å². The lowest BCUT2D eigenvalue weighted by molar-refractivity contribution is 0.302. The van der Waals surface area contributed by atoms with E-state index in [1.54, 1.807) is 16.5 Å². The highest BCUT2D eigenvalue weighted by Gasteiger charge is 2.32. The molecule has 0 bridgehead atoms. The number of benzene rings is 3.